The standard InChI is InChI=1S/C10H13Cl2N/c1-7(2)6-13-10-4-3-8(11)5-9(10)12/h3-5,7,13H,6H2,1-2H3. The van der Waals surface area contributed by atoms with Crippen LogP contribution in [0.4, 0.5) is 5.69 Å². The maximum atomic E-state index is 5.97. The van der Waals surface area contributed by atoms with Gasteiger partial charge in [-0.3, -0.25) is 0 Å². The van der Waals surface area contributed by atoms with Crippen molar-refractivity contribution < 1.29 is 0 Å². The summed E-state index contributed by atoms with van der Waals surface area (Å²) in [6, 6.07) is 5.47. The van der Waals surface area contributed by atoms with Gasteiger partial charge in [-0.05, 0) is 24.1 Å². The molecule has 0 saturated carbocycles. The zero-order chi connectivity index (χ0) is 9.84. The van der Waals surface area contributed by atoms with Crippen molar-refractivity contribution in [1.82, 2.24) is 0 Å². The second-order valence-electron chi connectivity index (χ2n) is 3.40. The number of benzene rings is 1. The Morgan fingerprint density at radius 3 is 2.54 bits per heavy atom. The van der Waals surface area contributed by atoms with Gasteiger partial charge in [0.05, 0.1) is 10.7 Å². The van der Waals surface area contributed by atoms with Crippen molar-refractivity contribution in [3.8, 4) is 0 Å². The maximum Gasteiger partial charge on any atom is 0.0652 e. The van der Waals surface area contributed by atoms with Crippen molar-refractivity contribution in [3.63, 3.8) is 0 Å². The largest absolute Gasteiger partial charge is 0.384 e. The molecule has 0 aliphatic rings. The van der Waals surface area contributed by atoms with Crippen LogP contribution in [0.3, 0.4) is 0 Å². The van der Waals surface area contributed by atoms with Crippen molar-refractivity contribution >= 4 is 28.9 Å². The lowest BCUT2D eigenvalue weighted by Crippen LogP contribution is -2.07. The third-order valence-corrected chi connectivity index (χ3v) is 2.18. The van der Waals surface area contributed by atoms with E-state index in [2.05, 4.69) is 19.2 Å². The van der Waals surface area contributed by atoms with Gasteiger partial charge in [-0.1, -0.05) is 37.0 Å². The highest BCUT2D eigenvalue weighted by Crippen LogP contribution is 2.25. The Balaban J connectivity index is 2.67. The number of rotatable bonds is 3. The van der Waals surface area contributed by atoms with E-state index in [9.17, 15) is 0 Å². The zero-order valence-electron chi connectivity index (χ0n) is 7.77. The van der Waals surface area contributed by atoms with E-state index in [1.807, 2.05) is 12.1 Å². The van der Waals surface area contributed by atoms with Gasteiger partial charge in [0.1, 0.15) is 0 Å². The Labute approximate surface area is 89.0 Å². The van der Waals surface area contributed by atoms with Gasteiger partial charge in [0, 0.05) is 11.6 Å². The summed E-state index contributed by atoms with van der Waals surface area (Å²) < 4.78 is 0. The Bertz CT molecular complexity index is 284. The molecule has 0 spiro atoms. The molecular weight excluding hydrogens is 205 g/mol. The van der Waals surface area contributed by atoms with E-state index < -0.39 is 0 Å². The molecule has 0 bridgehead atoms. The zero-order valence-corrected chi connectivity index (χ0v) is 9.28. The van der Waals surface area contributed by atoms with Crippen LogP contribution < -0.4 is 5.32 Å². The van der Waals surface area contributed by atoms with Gasteiger partial charge in [-0.25, -0.2) is 0 Å². The molecule has 1 aromatic carbocycles. The quantitative estimate of drug-likeness (QED) is 0.806. The van der Waals surface area contributed by atoms with E-state index in [4.69, 9.17) is 23.2 Å². The summed E-state index contributed by atoms with van der Waals surface area (Å²) >= 11 is 11.7. The van der Waals surface area contributed by atoms with Crippen LogP contribution in [0.15, 0.2) is 18.2 Å². The second-order valence-corrected chi connectivity index (χ2v) is 4.24. The van der Waals surface area contributed by atoms with Crippen LogP contribution in [0.25, 0.3) is 0 Å². The number of halogens is 2. The highest BCUT2D eigenvalue weighted by Gasteiger charge is 2.00. The predicted octanol–water partition coefficient (Wildman–Crippen LogP) is 4.06. The van der Waals surface area contributed by atoms with Gasteiger partial charge in [0.2, 0.25) is 0 Å². The van der Waals surface area contributed by atoms with Crippen molar-refractivity contribution in [2.75, 3.05) is 11.9 Å². The first-order chi connectivity index (χ1) is 6.09. The summed E-state index contributed by atoms with van der Waals surface area (Å²) in [5.41, 5.74) is 0.944. The molecule has 1 nitrogen and oxygen atoms in total. The third-order valence-electron chi connectivity index (χ3n) is 1.63. The van der Waals surface area contributed by atoms with Crippen molar-refractivity contribution in [3.05, 3.63) is 28.2 Å². The van der Waals surface area contributed by atoms with Gasteiger partial charge in [-0.2, -0.15) is 0 Å². The van der Waals surface area contributed by atoms with Gasteiger partial charge in [0.15, 0.2) is 0 Å². The van der Waals surface area contributed by atoms with Crippen molar-refractivity contribution in [2.45, 2.75) is 13.8 Å². The van der Waals surface area contributed by atoms with Crippen LogP contribution in [0, 0.1) is 5.92 Å². The van der Waals surface area contributed by atoms with Gasteiger partial charge < -0.3 is 5.32 Å². The fraction of sp³-hybridized carbons (Fsp3) is 0.400. The first-order valence-electron chi connectivity index (χ1n) is 4.28. The Morgan fingerprint density at radius 1 is 1.31 bits per heavy atom. The fourth-order valence-corrected chi connectivity index (χ4v) is 1.42. The molecule has 0 saturated heterocycles. The monoisotopic (exact) mass is 217 g/mol. The lowest BCUT2D eigenvalue weighted by molar-refractivity contribution is 0.689. The molecule has 0 atom stereocenters. The minimum atomic E-state index is 0.603. The fourth-order valence-electron chi connectivity index (χ4n) is 0.947. The van der Waals surface area contributed by atoms with Crippen LogP contribution in [0.2, 0.25) is 10.0 Å². The summed E-state index contributed by atoms with van der Waals surface area (Å²) in [7, 11) is 0. The molecule has 3 heteroatoms. The summed E-state index contributed by atoms with van der Waals surface area (Å²) in [5, 5.41) is 4.59. The normalized spacial score (nSPS) is 10.5. The molecular formula is C10H13Cl2N. The topological polar surface area (TPSA) is 12.0 Å². The number of anilines is 1. The molecule has 13 heavy (non-hydrogen) atoms. The van der Waals surface area contributed by atoms with Crippen LogP contribution in [0.1, 0.15) is 13.8 Å². The minimum absolute atomic E-state index is 0.603. The first-order valence-corrected chi connectivity index (χ1v) is 5.04. The summed E-state index contributed by atoms with van der Waals surface area (Å²) in [6.07, 6.45) is 0. The summed E-state index contributed by atoms with van der Waals surface area (Å²) in [6.45, 7) is 5.22. The molecule has 1 rings (SSSR count). The van der Waals surface area contributed by atoms with Gasteiger partial charge in [0.25, 0.3) is 0 Å². The van der Waals surface area contributed by atoms with Crippen LogP contribution in [0.5, 0.6) is 0 Å². The molecule has 0 unspecified atom stereocenters. The number of nitrogens with one attached hydrogen (secondary N) is 1. The molecule has 1 N–H and O–H groups in total. The highest BCUT2D eigenvalue weighted by atomic mass is 35.5. The van der Waals surface area contributed by atoms with Crippen LogP contribution in [-0.2, 0) is 0 Å². The van der Waals surface area contributed by atoms with Gasteiger partial charge in [-0.15, -0.1) is 0 Å². The third kappa shape index (κ3) is 3.45. The molecule has 72 valence electrons. The Hall–Kier alpha value is -0.400. The van der Waals surface area contributed by atoms with E-state index in [-0.39, 0.29) is 0 Å². The smallest absolute Gasteiger partial charge is 0.0652 e. The lowest BCUT2D eigenvalue weighted by atomic mass is 10.2. The van der Waals surface area contributed by atoms with Crippen molar-refractivity contribution in [1.29, 1.82) is 0 Å². The molecule has 0 aliphatic heterocycles. The number of hydrogen-bond donors (Lipinski definition) is 1. The van der Waals surface area contributed by atoms with E-state index in [1.54, 1.807) is 6.07 Å². The summed E-state index contributed by atoms with van der Waals surface area (Å²) in [5.74, 6) is 0.603. The Kier molecular flexibility index (Phi) is 3.89. The lowest BCUT2D eigenvalue weighted by Gasteiger charge is -2.10. The number of hydrogen-bond acceptors (Lipinski definition) is 1. The molecule has 0 radical (unpaired) electrons. The maximum absolute atomic E-state index is 5.97. The van der Waals surface area contributed by atoms with Crippen LogP contribution >= 0.6 is 23.2 Å². The van der Waals surface area contributed by atoms with E-state index in [0.717, 1.165) is 12.2 Å². The highest BCUT2D eigenvalue weighted by molar-refractivity contribution is 6.36. The molecule has 0 heterocycles. The molecule has 0 aromatic heterocycles. The van der Waals surface area contributed by atoms with Crippen molar-refractivity contribution in [2.24, 2.45) is 5.92 Å². The SMILES string of the molecule is CC(C)CNc1ccc(Cl)cc1Cl. The second kappa shape index (κ2) is 4.73. The molecule has 0 aliphatic carbocycles. The molecule has 1 aromatic rings. The average molecular weight is 218 g/mol. The molecule has 0 amide bonds. The average Bonchev–Trinajstić information content (AvgIpc) is 2.02. The predicted molar refractivity (Wildman–Crippen MR) is 59.8 cm³/mol. The Morgan fingerprint density at radius 2 is 2.00 bits per heavy atom. The summed E-state index contributed by atoms with van der Waals surface area (Å²) in [4.78, 5) is 0. The van der Waals surface area contributed by atoms with Crippen LogP contribution in [-0.4, -0.2) is 6.54 Å². The first kappa shape index (κ1) is 10.7. The minimum Gasteiger partial charge on any atom is -0.384 e. The van der Waals surface area contributed by atoms with E-state index >= 15 is 0 Å². The molecule has 0 fully saturated rings. The van der Waals surface area contributed by atoms with E-state index in [0.29, 0.717) is 16.0 Å². The van der Waals surface area contributed by atoms with E-state index in [1.165, 1.54) is 0 Å². The van der Waals surface area contributed by atoms with Gasteiger partial charge >= 0.3 is 0 Å².